The Morgan fingerprint density at radius 2 is 1.84 bits per heavy atom. The number of hydrogen-bond donors (Lipinski definition) is 1. The van der Waals surface area contributed by atoms with E-state index < -0.39 is 0 Å². The quantitative estimate of drug-likeness (QED) is 0.296. The summed E-state index contributed by atoms with van der Waals surface area (Å²) in [5.74, 6) is 1.56. The molecule has 38 heavy (non-hydrogen) atoms. The highest BCUT2D eigenvalue weighted by molar-refractivity contribution is 5.95. The number of carbonyl (C=O) groups excluding carboxylic acids is 1. The van der Waals surface area contributed by atoms with Crippen LogP contribution >= 0.6 is 0 Å². The predicted molar refractivity (Wildman–Crippen MR) is 149 cm³/mol. The number of piperidine rings is 1. The average Bonchev–Trinajstić information content (AvgIpc) is 3.16. The van der Waals surface area contributed by atoms with E-state index in [1.165, 1.54) is 60.7 Å². The number of rotatable bonds is 7. The number of amides is 1. The lowest BCUT2D eigenvalue weighted by Crippen LogP contribution is -2.39. The summed E-state index contributed by atoms with van der Waals surface area (Å²) in [6, 6.07) is 13.0. The van der Waals surface area contributed by atoms with Crippen molar-refractivity contribution < 1.29 is 19.3 Å². The lowest BCUT2D eigenvalue weighted by molar-refractivity contribution is -0.282. The molecular weight excluding hydrogens is 478 g/mol. The van der Waals surface area contributed by atoms with Crippen molar-refractivity contribution in [2.24, 2.45) is 0 Å². The van der Waals surface area contributed by atoms with Gasteiger partial charge in [0.25, 0.3) is 0 Å². The van der Waals surface area contributed by atoms with Crippen molar-refractivity contribution in [3.8, 4) is 17.0 Å². The molecule has 2 aromatic carbocycles. The maximum Gasteiger partial charge on any atom is 0.241 e. The Kier molecular flexibility index (Phi) is 7.56. The number of aromatic nitrogens is 1. The third-order valence-electron chi connectivity index (χ3n) is 8.50. The van der Waals surface area contributed by atoms with Crippen LogP contribution in [0.4, 0.5) is 5.69 Å². The van der Waals surface area contributed by atoms with Gasteiger partial charge in [0.1, 0.15) is 13.2 Å². The second-order valence-electron chi connectivity index (χ2n) is 10.9. The Labute approximate surface area is 225 Å². The maximum absolute atomic E-state index is 12.9. The van der Waals surface area contributed by atoms with Crippen LogP contribution in [0.1, 0.15) is 68.4 Å². The molecule has 7 heteroatoms. The van der Waals surface area contributed by atoms with Gasteiger partial charge in [0.05, 0.1) is 31.6 Å². The Morgan fingerprint density at radius 3 is 2.66 bits per heavy atom. The van der Waals surface area contributed by atoms with E-state index in [0.717, 1.165) is 55.0 Å². The summed E-state index contributed by atoms with van der Waals surface area (Å²) in [6.07, 6.45) is 9.74. The number of carbonyl (C=O) groups is 1. The molecule has 2 fully saturated rings. The molecule has 1 saturated carbocycles. The topological polar surface area (TPSA) is 65.0 Å². The highest BCUT2D eigenvalue weighted by atomic mass is 17.2. The number of likely N-dealkylation sites (tertiary alicyclic amines) is 1. The van der Waals surface area contributed by atoms with Gasteiger partial charge >= 0.3 is 0 Å². The van der Waals surface area contributed by atoms with Crippen LogP contribution in [0, 0.1) is 0 Å². The van der Waals surface area contributed by atoms with Crippen LogP contribution in [0.5, 0.6) is 5.75 Å². The van der Waals surface area contributed by atoms with Crippen LogP contribution in [0.15, 0.2) is 36.4 Å². The Bertz CT molecular complexity index is 1290. The highest BCUT2D eigenvalue weighted by Gasteiger charge is 2.30. The van der Waals surface area contributed by atoms with Crippen LogP contribution in [-0.4, -0.2) is 48.7 Å². The van der Waals surface area contributed by atoms with Gasteiger partial charge in [0, 0.05) is 29.6 Å². The second kappa shape index (κ2) is 11.4. The molecule has 1 saturated heterocycles. The molecule has 3 aromatic rings. The van der Waals surface area contributed by atoms with Crippen molar-refractivity contribution in [1.29, 1.82) is 0 Å². The van der Waals surface area contributed by atoms with Gasteiger partial charge in [-0.3, -0.25) is 4.79 Å². The summed E-state index contributed by atoms with van der Waals surface area (Å²) in [7, 11) is 1.54. The molecule has 0 spiro atoms. The summed E-state index contributed by atoms with van der Waals surface area (Å²) in [5.41, 5.74) is 7.06. The van der Waals surface area contributed by atoms with E-state index in [-0.39, 0.29) is 5.91 Å². The van der Waals surface area contributed by atoms with E-state index in [1.54, 1.807) is 7.11 Å². The van der Waals surface area contributed by atoms with Crippen LogP contribution < -0.4 is 10.1 Å². The first-order valence-electron chi connectivity index (χ1n) is 14.3. The van der Waals surface area contributed by atoms with Gasteiger partial charge in [0.15, 0.2) is 5.75 Å². The normalized spacial score (nSPS) is 18.0. The van der Waals surface area contributed by atoms with Crippen LogP contribution in [-0.2, 0) is 27.7 Å². The largest absolute Gasteiger partial charge is 0.489 e. The van der Waals surface area contributed by atoms with E-state index in [0.29, 0.717) is 25.7 Å². The Hall–Kier alpha value is -3.03. The van der Waals surface area contributed by atoms with E-state index in [2.05, 4.69) is 40.2 Å². The minimum atomic E-state index is 0.166. The van der Waals surface area contributed by atoms with Gasteiger partial charge in [-0.1, -0.05) is 37.5 Å². The molecule has 0 unspecified atom stereocenters. The van der Waals surface area contributed by atoms with E-state index in [9.17, 15) is 4.79 Å². The van der Waals surface area contributed by atoms with Gasteiger partial charge in [0.2, 0.25) is 5.91 Å². The Balaban J connectivity index is 1.41. The zero-order valence-corrected chi connectivity index (χ0v) is 22.5. The molecule has 1 amide bonds. The molecule has 3 heterocycles. The number of ether oxygens (including phenoxy) is 1. The molecule has 1 aliphatic carbocycles. The summed E-state index contributed by atoms with van der Waals surface area (Å²) in [6.45, 7) is 3.79. The van der Waals surface area contributed by atoms with Crippen LogP contribution in [0.25, 0.3) is 22.2 Å². The Morgan fingerprint density at radius 1 is 1.03 bits per heavy atom. The number of nitrogens with one attached hydrogen (secondary N) is 1. The van der Waals surface area contributed by atoms with Crippen molar-refractivity contribution >= 4 is 22.5 Å². The molecule has 6 rings (SSSR count). The maximum atomic E-state index is 12.9. The first-order valence-corrected chi connectivity index (χ1v) is 14.3. The molecule has 202 valence electrons. The van der Waals surface area contributed by atoms with Crippen molar-refractivity contribution in [3.63, 3.8) is 0 Å². The van der Waals surface area contributed by atoms with Crippen molar-refractivity contribution in [2.75, 3.05) is 38.7 Å². The number of anilines is 1. The monoisotopic (exact) mass is 517 g/mol. The summed E-state index contributed by atoms with van der Waals surface area (Å²) < 4.78 is 8.88. The third-order valence-corrected chi connectivity index (χ3v) is 8.50. The number of benzene rings is 2. The smallest absolute Gasteiger partial charge is 0.241 e. The first-order chi connectivity index (χ1) is 18.7. The van der Waals surface area contributed by atoms with E-state index in [1.807, 2.05) is 11.0 Å². The van der Waals surface area contributed by atoms with E-state index >= 15 is 0 Å². The lowest BCUT2D eigenvalue weighted by atomic mass is 9.81. The molecule has 0 bridgehead atoms. The minimum absolute atomic E-state index is 0.166. The molecule has 3 aliphatic rings. The molecule has 1 N–H and O–H groups in total. The van der Waals surface area contributed by atoms with Gasteiger partial charge in [-0.15, -0.1) is 0 Å². The average molecular weight is 518 g/mol. The molecule has 0 atom stereocenters. The van der Waals surface area contributed by atoms with Gasteiger partial charge < -0.3 is 19.5 Å². The minimum Gasteiger partial charge on any atom is -0.489 e. The predicted octanol–water partition coefficient (Wildman–Crippen LogP) is 6.25. The van der Waals surface area contributed by atoms with Gasteiger partial charge in [-0.05, 0) is 67.3 Å². The lowest BCUT2D eigenvalue weighted by Gasteiger charge is -2.27. The number of hydrogen-bond acceptors (Lipinski definition) is 5. The summed E-state index contributed by atoms with van der Waals surface area (Å²) in [4.78, 5) is 25.0. The molecule has 7 nitrogen and oxygen atoms in total. The van der Waals surface area contributed by atoms with Crippen LogP contribution in [0.3, 0.4) is 0 Å². The van der Waals surface area contributed by atoms with Crippen molar-refractivity contribution in [3.05, 3.63) is 47.5 Å². The first kappa shape index (κ1) is 25.3. The van der Waals surface area contributed by atoms with Crippen molar-refractivity contribution in [1.82, 2.24) is 9.47 Å². The number of fused-ring (bicyclic) bond motifs is 5. The summed E-state index contributed by atoms with van der Waals surface area (Å²) >= 11 is 0. The number of para-hydroxylation sites is 1. The fourth-order valence-electron chi connectivity index (χ4n) is 6.65. The fraction of sp³-hybridized carbons (Fsp3) is 0.516. The zero-order valence-electron chi connectivity index (χ0n) is 22.5. The van der Waals surface area contributed by atoms with Crippen LogP contribution in [0.2, 0.25) is 0 Å². The SMILES string of the molecule is COOCc1ccc2c(C3CCCCC3)c3n(c2c1)CCOc1c(NCC(=O)N2CCCCC2)cccc1-3. The summed E-state index contributed by atoms with van der Waals surface area (Å²) in [5, 5.41) is 4.77. The fourth-order valence-corrected chi connectivity index (χ4v) is 6.65. The van der Waals surface area contributed by atoms with Gasteiger partial charge in [-0.25, -0.2) is 9.78 Å². The molecule has 2 aliphatic heterocycles. The zero-order chi connectivity index (χ0) is 25.9. The molecule has 1 aromatic heterocycles. The highest BCUT2D eigenvalue weighted by Crippen LogP contribution is 2.48. The number of nitrogens with zero attached hydrogens (tertiary/aromatic N) is 2. The molecule has 0 radical (unpaired) electrons. The standard InChI is InChI=1S/C31H39N3O4/c1-36-38-21-22-13-14-24-27(19-22)34-17-18-37-31-25(30(34)29(24)23-9-4-2-5-10-23)11-8-12-26(31)32-20-28(35)33-15-6-3-7-16-33/h8,11-14,19,23,32H,2-7,9-10,15-18,20-21H2,1H3. The third kappa shape index (κ3) is 4.90. The van der Waals surface area contributed by atoms with Crippen molar-refractivity contribution in [2.45, 2.75) is 70.4 Å². The van der Waals surface area contributed by atoms with E-state index in [4.69, 9.17) is 14.5 Å². The second-order valence-corrected chi connectivity index (χ2v) is 10.9. The molecular formula is C31H39N3O4. The van der Waals surface area contributed by atoms with Gasteiger partial charge in [-0.2, -0.15) is 0 Å².